The number of tetrazole rings is 1. The summed E-state index contributed by atoms with van der Waals surface area (Å²) in [5.74, 6) is 0.484. The molecular formula is C9H17N7. The van der Waals surface area contributed by atoms with Gasteiger partial charge in [0.15, 0.2) is 6.17 Å². The molecule has 1 unspecified atom stereocenters. The Morgan fingerprint density at radius 3 is 2.19 bits per heavy atom. The molecule has 1 aromatic heterocycles. The van der Waals surface area contributed by atoms with E-state index in [0.29, 0.717) is 12.0 Å². The summed E-state index contributed by atoms with van der Waals surface area (Å²) in [6.45, 7) is 8.20. The van der Waals surface area contributed by atoms with Gasteiger partial charge in [0.1, 0.15) is 12.7 Å². The van der Waals surface area contributed by atoms with Gasteiger partial charge in [0.25, 0.3) is 0 Å². The molecule has 2 heterocycles. The van der Waals surface area contributed by atoms with Crippen LogP contribution in [0.4, 0.5) is 0 Å². The van der Waals surface area contributed by atoms with E-state index in [1.807, 2.05) is 13.8 Å². The van der Waals surface area contributed by atoms with Crippen LogP contribution in [0.3, 0.4) is 0 Å². The number of aliphatic imine (C=N–C) groups is 1. The van der Waals surface area contributed by atoms with Crippen LogP contribution in [0.2, 0.25) is 0 Å². The zero-order valence-electron chi connectivity index (χ0n) is 10.0. The molecule has 88 valence electrons. The normalized spacial score (nSPS) is 18.0. The average molecular weight is 223 g/mol. The van der Waals surface area contributed by atoms with Crippen molar-refractivity contribution < 1.29 is 0 Å². The van der Waals surface area contributed by atoms with Crippen LogP contribution in [0.1, 0.15) is 33.7 Å². The molecule has 0 aliphatic carbocycles. The lowest BCUT2D eigenvalue weighted by atomic mass is 10.2. The van der Waals surface area contributed by atoms with Gasteiger partial charge in [-0.05, 0) is 30.2 Å². The molecule has 2 rings (SSSR count). The minimum Gasteiger partial charge on any atom is -0.243 e. The minimum atomic E-state index is 0.0926. The molecule has 7 nitrogen and oxygen atoms in total. The monoisotopic (exact) mass is 223 g/mol. The van der Waals surface area contributed by atoms with Crippen molar-refractivity contribution in [2.45, 2.75) is 39.9 Å². The van der Waals surface area contributed by atoms with Crippen LogP contribution in [0.15, 0.2) is 21.5 Å². The Morgan fingerprint density at radius 1 is 1.19 bits per heavy atom. The Labute approximate surface area is 94.7 Å². The van der Waals surface area contributed by atoms with Crippen molar-refractivity contribution in [1.29, 1.82) is 0 Å². The second-order valence-electron chi connectivity index (χ2n) is 4.04. The van der Waals surface area contributed by atoms with Crippen LogP contribution in [-0.4, -0.2) is 32.7 Å². The lowest BCUT2D eigenvalue weighted by molar-refractivity contribution is 0.512. The van der Waals surface area contributed by atoms with Gasteiger partial charge in [0, 0.05) is 6.04 Å². The Hall–Kier alpha value is -1.66. The third-order valence-corrected chi connectivity index (χ3v) is 1.95. The lowest BCUT2D eigenvalue weighted by Crippen LogP contribution is -2.05. The molecule has 1 aliphatic heterocycles. The molecule has 0 spiro atoms. The maximum absolute atomic E-state index is 3.98. The first-order valence-electron chi connectivity index (χ1n) is 5.25. The van der Waals surface area contributed by atoms with Crippen LogP contribution in [0.5, 0.6) is 0 Å². The molecule has 0 radical (unpaired) electrons. The Bertz CT molecular complexity index is 327. The van der Waals surface area contributed by atoms with Crippen LogP contribution < -0.4 is 0 Å². The Kier molecular flexibility index (Phi) is 4.68. The summed E-state index contributed by atoms with van der Waals surface area (Å²) in [6, 6.07) is 0.366. The molecule has 0 amide bonds. The van der Waals surface area contributed by atoms with E-state index in [1.54, 1.807) is 11.0 Å². The van der Waals surface area contributed by atoms with Gasteiger partial charge in [-0.3, -0.25) is 0 Å². The van der Waals surface area contributed by atoms with E-state index >= 15 is 0 Å². The van der Waals surface area contributed by atoms with Gasteiger partial charge in [0.2, 0.25) is 0 Å². The fourth-order valence-corrected chi connectivity index (χ4v) is 0.937. The Balaban J connectivity index is 0.000000160. The van der Waals surface area contributed by atoms with Crippen LogP contribution >= 0.6 is 0 Å². The van der Waals surface area contributed by atoms with Gasteiger partial charge in [-0.2, -0.15) is 5.11 Å². The first-order chi connectivity index (χ1) is 7.61. The number of hydrogen-bond acceptors (Lipinski definition) is 6. The fourth-order valence-electron chi connectivity index (χ4n) is 0.937. The number of rotatable bonds is 2. The number of azo groups is 1. The van der Waals surface area contributed by atoms with Gasteiger partial charge in [0.05, 0.1) is 0 Å². The maximum Gasteiger partial charge on any atom is 0.164 e. The summed E-state index contributed by atoms with van der Waals surface area (Å²) < 4.78 is 1.69. The van der Waals surface area contributed by atoms with Crippen molar-refractivity contribution in [1.82, 2.24) is 20.2 Å². The second-order valence-corrected chi connectivity index (χ2v) is 4.04. The van der Waals surface area contributed by atoms with Gasteiger partial charge in [-0.15, -0.1) is 10.2 Å². The third kappa shape index (κ3) is 3.84. The van der Waals surface area contributed by atoms with E-state index in [1.165, 1.54) is 6.34 Å². The van der Waals surface area contributed by atoms with Crippen molar-refractivity contribution >= 4 is 6.34 Å². The van der Waals surface area contributed by atoms with Gasteiger partial charge in [-0.25, -0.2) is 9.67 Å². The quantitative estimate of drug-likeness (QED) is 0.765. The first kappa shape index (κ1) is 12.4. The van der Waals surface area contributed by atoms with Crippen molar-refractivity contribution in [2.24, 2.45) is 21.1 Å². The zero-order valence-corrected chi connectivity index (χ0v) is 10.0. The van der Waals surface area contributed by atoms with Crippen LogP contribution in [0.25, 0.3) is 0 Å². The molecule has 1 atom stereocenters. The number of aromatic nitrogens is 4. The van der Waals surface area contributed by atoms with Crippen molar-refractivity contribution in [3.63, 3.8) is 0 Å². The summed E-state index contributed by atoms with van der Waals surface area (Å²) in [5.41, 5.74) is 0. The van der Waals surface area contributed by atoms with Crippen LogP contribution in [0, 0.1) is 5.92 Å². The highest BCUT2D eigenvalue weighted by molar-refractivity contribution is 5.56. The van der Waals surface area contributed by atoms with E-state index in [9.17, 15) is 0 Å². The summed E-state index contributed by atoms with van der Waals surface area (Å²) >= 11 is 0. The number of nitrogens with zero attached hydrogens (tertiary/aromatic N) is 7. The molecule has 0 N–H and O–H groups in total. The molecule has 1 aliphatic rings. The molecule has 1 aromatic rings. The fraction of sp³-hybridized carbons (Fsp3) is 0.778. The first-order valence-corrected chi connectivity index (χ1v) is 5.25. The summed E-state index contributed by atoms with van der Waals surface area (Å²) in [6.07, 6.45) is 3.20. The standard InChI is InChI=1S/C5H9N3.C4H8N4/c1-4(2)5-6-3-7-8-5;1-4(2)8-3-5-6-7-8/h3-5H,1-2H3;3-4H,1-2H3. The molecule has 16 heavy (non-hydrogen) atoms. The number of hydrogen-bond donors (Lipinski definition) is 0. The van der Waals surface area contributed by atoms with E-state index in [4.69, 9.17) is 0 Å². The summed E-state index contributed by atoms with van der Waals surface area (Å²) in [7, 11) is 0. The highest BCUT2D eigenvalue weighted by Crippen LogP contribution is 2.10. The largest absolute Gasteiger partial charge is 0.243 e. The van der Waals surface area contributed by atoms with Gasteiger partial charge >= 0.3 is 0 Å². The predicted molar refractivity (Wildman–Crippen MR) is 60.2 cm³/mol. The molecular weight excluding hydrogens is 206 g/mol. The second kappa shape index (κ2) is 6.04. The summed E-state index contributed by atoms with van der Waals surface area (Å²) in [5, 5.41) is 18.1. The van der Waals surface area contributed by atoms with Gasteiger partial charge in [-0.1, -0.05) is 13.8 Å². The smallest absolute Gasteiger partial charge is 0.164 e. The molecule has 0 fully saturated rings. The average Bonchev–Trinajstić information content (AvgIpc) is 2.93. The minimum absolute atomic E-state index is 0.0926. The van der Waals surface area contributed by atoms with E-state index in [-0.39, 0.29) is 6.17 Å². The lowest BCUT2D eigenvalue weighted by Gasteiger charge is -2.03. The van der Waals surface area contributed by atoms with Crippen molar-refractivity contribution in [3.8, 4) is 0 Å². The predicted octanol–water partition coefficient (Wildman–Crippen LogP) is 1.72. The van der Waals surface area contributed by atoms with Crippen LogP contribution in [-0.2, 0) is 0 Å². The molecule has 0 bridgehead atoms. The molecule has 0 saturated heterocycles. The van der Waals surface area contributed by atoms with Crippen molar-refractivity contribution in [2.75, 3.05) is 0 Å². The Morgan fingerprint density at radius 2 is 1.94 bits per heavy atom. The van der Waals surface area contributed by atoms with E-state index < -0.39 is 0 Å². The highest BCUT2D eigenvalue weighted by Gasteiger charge is 2.10. The molecule has 0 aromatic carbocycles. The summed E-state index contributed by atoms with van der Waals surface area (Å²) in [4.78, 5) is 3.98. The highest BCUT2D eigenvalue weighted by atomic mass is 15.5. The third-order valence-electron chi connectivity index (χ3n) is 1.95. The van der Waals surface area contributed by atoms with Gasteiger partial charge < -0.3 is 0 Å². The van der Waals surface area contributed by atoms with E-state index in [2.05, 4.69) is 44.6 Å². The zero-order chi connectivity index (χ0) is 12.0. The molecule has 7 heteroatoms. The maximum atomic E-state index is 3.98. The van der Waals surface area contributed by atoms with Crippen molar-refractivity contribution in [3.05, 3.63) is 6.33 Å². The molecule has 0 saturated carbocycles. The SMILES string of the molecule is CC(C)C1N=CN=N1.CC(C)n1cnnn1. The van der Waals surface area contributed by atoms with E-state index in [0.717, 1.165) is 0 Å². The topological polar surface area (TPSA) is 80.7 Å².